The highest BCUT2D eigenvalue weighted by Crippen LogP contribution is 2.30. The van der Waals surface area contributed by atoms with Crippen LogP contribution in [-0.2, 0) is 10.4 Å². The zero-order chi connectivity index (χ0) is 27.0. The van der Waals surface area contributed by atoms with Gasteiger partial charge in [0.25, 0.3) is 5.91 Å². The van der Waals surface area contributed by atoms with Crippen LogP contribution in [0.1, 0.15) is 27.0 Å². The first-order valence-electron chi connectivity index (χ1n) is 11.7. The number of esters is 1. The molecule has 0 atom stereocenters. The summed E-state index contributed by atoms with van der Waals surface area (Å²) in [6.07, 6.45) is 1.37. The molecule has 0 saturated heterocycles. The molecule has 0 spiro atoms. The Kier molecular flexibility index (Phi) is 8.15. The average molecular weight is 511 g/mol. The molecule has 8 nitrogen and oxygen atoms in total. The number of ether oxygens (including phenoxy) is 3. The summed E-state index contributed by atoms with van der Waals surface area (Å²) in [5.41, 5.74) is 2.12. The van der Waals surface area contributed by atoms with Crippen LogP contribution < -0.4 is 19.6 Å². The fourth-order valence-electron chi connectivity index (χ4n) is 3.77. The summed E-state index contributed by atoms with van der Waals surface area (Å²) < 4.78 is 16.0. The lowest BCUT2D eigenvalue weighted by atomic mass is 9.85. The van der Waals surface area contributed by atoms with Gasteiger partial charge in [0.05, 0.1) is 26.0 Å². The van der Waals surface area contributed by atoms with Crippen molar-refractivity contribution in [2.24, 2.45) is 5.10 Å². The quantitative estimate of drug-likeness (QED) is 0.150. The number of hydrazone groups is 1. The lowest BCUT2D eigenvalue weighted by Gasteiger charge is -2.27. The predicted molar refractivity (Wildman–Crippen MR) is 143 cm³/mol. The molecule has 38 heavy (non-hydrogen) atoms. The topological polar surface area (TPSA) is 106 Å². The van der Waals surface area contributed by atoms with Crippen LogP contribution in [-0.4, -0.2) is 37.4 Å². The lowest BCUT2D eigenvalue weighted by Crippen LogP contribution is -2.43. The summed E-state index contributed by atoms with van der Waals surface area (Å²) in [6, 6.07) is 28.6. The third-order valence-electron chi connectivity index (χ3n) is 5.81. The third-order valence-corrected chi connectivity index (χ3v) is 5.81. The van der Waals surface area contributed by atoms with Crippen LogP contribution in [0.4, 0.5) is 0 Å². The highest BCUT2D eigenvalue weighted by molar-refractivity contribution is 5.93. The van der Waals surface area contributed by atoms with E-state index in [2.05, 4.69) is 10.5 Å². The van der Waals surface area contributed by atoms with E-state index >= 15 is 0 Å². The van der Waals surface area contributed by atoms with E-state index in [1.54, 1.807) is 103 Å². The molecule has 0 fully saturated rings. The Hall–Kier alpha value is -4.95. The fraction of sp³-hybridized carbons (Fsp3) is 0.100. The minimum atomic E-state index is -1.96. The van der Waals surface area contributed by atoms with E-state index in [0.29, 0.717) is 33.8 Å². The van der Waals surface area contributed by atoms with Gasteiger partial charge in [0.1, 0.15) is 5.75 Å². The minimum absolute atomic E-state index is 0.175. The van der Waals surface area contributed by atoms with Crippen LogP contribution in [0.25, 0.3) is 0 Å². The number of nitrogens with zero attached hydrogens (tertiary/aromatic N) is 1. The first-order valence-corrected chi connectivity index (χ1v) is 11.7. The van der Waals surface area contributed by atoms with Gasteiger partial charge in [-0.1, -0.05) is 60.7 Å². The highest BCUT2D eigenvalue weighted by atomic mass is 16.6. The van der Waals surface area contributed by atoms with Crippen LogP contribution in [0.15, 0.2) is 108 Å². The van der Waals surface area contributed by atoms with Crippen molar-refractivity contribution in [1.82, 2.24) is 5.43 Å². The Balaban J connectivity index is 1.53. The van der Waals surface area contributed by atoms with Gasteiger partial charge in [-0.25, -0.2) is 10.2 Å². The van der Waals surface area contributed by atoms with Crippen molar-refractivity contribution in [3.63, 3.8) is 0 Å². The number of methoxy groups -OCH3 is 2. The van der Waals surface area contributed by atoms with Gasteiger partial charge in [-0.15, -0.1) is 0 Å². The van der Waals surface area contributed by atoms with E-state index in [1.165, 1.54) is 20.4 Å². The Morgan fingerprint density at radius 1 is 0.789 bits per heavy atom. The molecule has 0 aliphatic rings. The molecule has 0 aromatic heterocycles. The van der Waals surface area contributed by atoms with E-state index in [4.69, 9.17) is 14.2 Å². The summed E-state index contributed by atoms with van der Waals surface area (Å²) in [4.78, 5) is 25.8. The zero-order valence-electron chi connectivity index (χ0n) is 20.8. The standard InChI is InChI=1S/C30H26N2O6/c1-36-25-16-14-22(15-17-25)28(33)38-27-19-21(13-18-26(27)37-2)20-31-32-29(34)30(35,23-9-5-3-6-10-23)24-11-7-4-8-12-24/h3-20,35H,1-2H3,(H,32,34)/b31-20-. The second kappa shape index (κ2) is 11.9. The van der Waals surface area contributed by atoms with Crippen LogP contribution in [0.2, 0.25) is 0 Å². The molecule has 4 rings (SSSR count). The summed E-state index contributed by atoms with van der Waals surface area (Å²) in [7, 11) is 3.00. The highest BCUT2D eigenvalue weighted by Gasteiger charge is 2.39. The number of carbonyl (C=O) groups excluding carboxylic acids is 2. The number of hydrogen-bond donors (Lipinski definition) is 2. The van der Waals surface area contributed by atoms with E-state index < -0.39 is 17.5 Å². The average Bonchev–Trinajstić information content (AvgIpc) is 2.97. The lowest BCUT2D eigenvalue weighted by molar-refractivity contribution is -0.136. The van der Waals surface area contributed by atoms with Crippen molar-refractivity contribution < 1.29 is 28.9 Å². The van der Waals surface area contributed by atoms with Crippen LogP contribution in [0.5, 0.6) is 17.2 Å². The second-order valence-electron chi connectivity index (χ2n) is 8.17. The second-order valence-corrected chi connectivity index (χ2v) is 8.17. The van der Waals surface area contributed by atoms with Gasteiger partial charge in [0.2, 0.25) is 0 Å². The normalized spacial score (nSPS) is 11.1. The molecule has 8 heteroatoms. The van der Waals surface area contributed by atoms with Crippen molar-refractivity contribution in [3.05, 3.63) is 125 Å². The monoisotopic (exact) mass is 510 g/mol. The molecule has 0 radical (unpaired) electrons. The molecule has 0 aliphatic heterocycles. The Morgan fingerprint density at radius 2 is 1.39 bits per heavy atom. The predicted octanol–water partition coefficient (Wildman–Crippen LogP) is 4.31. The molecule has 4 aromatic rings. The number of amides is 1. The molecule has 0 unspecified atom stereocenters. The van der Waals surface area contributed by atoms with Gasteiger partial charge in [0, 0.05) is 0 Å². The molecule has 1 amide bonds. The molecular formula is C30H26N2O6. The largest absolute Gasteiger partial charge is 0.497 e. The fourth-order valence-corrected chi connectivity index (χ4v) is 3.77. The summed E-state index contributed by atoms with van der Waals surface area (Å²) in [5, 5.41) is 15.5. The Bertz CT molecular complexity index is 1380. The number of hydrogen-bond acceptors (Lipinski definition) is 7. The van der Waals surface area contributed by atoms with Crippen molar-refractivity contribution in [3.8, 4) is 17.2 Å². The van der Waals surface area contributed by atoms with Crippen LogP contribution >= 0.6 is 0 Å². The molecule has 2 N–H and O–H groups in total. The van der Waals surface area contributed by atoms with Gasteiger partial charge in [0.15, 0.2) is 17.1 Å². The van der Waals surface area contributed by atoms with E-state index in [0.717, 1.165) is 0 Å². The number of benzene rings is 4. The first-order chi connectivity index (χ1) is 18.5. The molecule has 0 bridgehead atoms. The molecular weight excluding hydrogens is 484 g/mol. The maximum atomic E-state index is 13.2. The van der Waals surface area contributed by atoms with Gasteiger partial charge >= 0.3 is 5.97 Å². The van der Waals surface area contributed by atoms with E-state index in [-0.39, 0.29) is 5.75 Å². The van der Waals surface area contributed by atoms with Crippen molar-refractivity contribution >= 4 is 18.1 Å². The summed E-state index contributed by atoms with van der Waals surface area (Å²) in [5.74, 6) is -0.176. The summed E-state index contributed by atoms with van der Waals surface area (Å²) >= 11 is 0. The smallest absolute Gasteiger partial charge is 0.343 e. The molecule has 192 valence electrons. The molecule has 4 aromatic carbocycles. The van der Waals surface area contributed by atoms with E-state index in [9.17, 15) is 14.7 Å². The van der Waals surface area contributed by atoms with Gasteiger partial charge in [-0.05, 0) is 59.2 Å². The van der Waals surface area contributed by atoms with Crippen molar-refractivity contribution in [2.45, 2.75) is 5.60 Å². The number of rotatable bonds is 9. The molecule has 0 aliphatic carbocycles. The number of nitrogens with one attached hydrogen (secondary N) is 1. The number of aliphatic hydroxyl groups is 1. The minimum Gasteiger partial charge on any atom is -0.497 e. The Morgan fingerprint density at radius 3 is 1.95 bits per heavy atom. The molecule has 0 heterocycles. The van der Waals surface area contributed by atoms with Crippen LogP contribution in [0, 0.1) is 0 Å². The van der Waals surface area contributed by atoms with Gasteiger partial charge in [-0.2, -0.15) is 5.10 Å². The summed E-state index contributed by atoms with van der Waals surface area (Å²) in [6.45, 7) is 0. The Labute approximate surface area is 220 Å². The van der Waals surface area contributed by atoms with Gasteiger partial charge < -0.3 is 19.3 Å². The van der Waals surface area contributed by atoms with Crippen LogP contribution in [0.3, 0.4) is 0 Å². The van der Waals surface area contributed by atoms with E-state index in [1.807, 2.05) is 0 Å². The van der Waals surface area contributed by atoms with Gasteiger partial charge in [-0.3, -0.25) is 4.79 Å². The van der Waals surface area contributed by atoms with Crippen molar-refractivity contribution in [1.29, 1.82) is 0 Å². The number of carbonyl (C=O) groups is 2. The first kappa shape index (κ1) is 26.1. The third kappa shape index (κ3) is 5.71. The SMILES string of the molecule is COc1ccc(C(=O)Oc2cc(/C=N\NC(=O)C(O)(c3ccccc3)c3ccccc3)ccc2OC)cc1. The molecule has 0 saturated carbocycles. The maximum Gasteiger partial charge on any atom is 0.343 e. The van der Waals surface area contributed by atoms with Crippen molar-refractivity contribution in [2.75, 3.05) is 14.2 Å². The zero-order valence-corrected chi connectivity index (χ0v) is 20.8. The maximum absolute atomic E-state index is 13.2.